The van der Waals surface area contributed by atoms with Crippen molar-refractivity contribution in [3.8, 4) is 0 Å². The highest BCUT2D eigenvalue weighted by Crippen LogP contribution is 2.19. The van der Waals surface area contributed by atoms with Gasteiger partial charge in [0.15, 0.2) is 0 Å². The number of carbonyl (C=O) groups excluding carboxylic acids is 1. The van der Waals surface area contributed by atoms with Crippen LogP contribution in [0.2, 0.25) is 0 Å². The normalized spacial score (nSPS) is 13.3. The van der Waals surface area contributed by atoms with E-state index in [4.69, 9.17) is 0 Å². The zero-order valence-corrected chi connectivity index (χ0v) is 11.8. The molecule has 88 valence electrons. The van der Waals surface area contributed by atoms with Crippen LogP contribution < -0.4 is 5.32 Å². The van der Waals surface area contributed by atoms with Gasteiger partial charge in [0.2, 0.25) is 0 Å². The minimum Gasteiger partial charge on any atom is -0.349 e. The van der Waals surface area contributed by atoms with Gasteiger partial charge in [0, 0.05) is 16.1 Å². The maximum absolute atomic E-state index is 11.9. The van der Waals surface area contributed by atoms with Gasteiger partial charge in [-0.1, -0.05) is 42.8 Å². The smallest absolute Gasteiger partial charge is 0.251 e. The summed E-state index contributed by atoms with van der Waals surface area (Å²) in [5.74, 6) is -0.0243. The Kier molecular flexibility index (Phi) is 4.14. The molecule has 1 amide bonds. The standard InChI is InChI=1S/C13H18BrNO/c1-9(13(2,3)4)15-12(16)10-6-5-7-11(14)8-10/h5-9H,1-4H3,(H,15,16)/t9-/m0/s1. The van der Waals surface area contributed by atoms with Crippen LogP contribution in [0.5, 0.6) is 0 Å². The number of rotatable bonds is 2. The molecule has 0 aliphatic heterocycles. The average Bonchev–Trinajstić information content (AvgIpc) is 2.16. The number of hydrogen-bond acceptors (Lipinski definition) is 1. The van der Waals surface area contributed by atoms with Crippen LogP contribution in [-0.2, 0) is 0 Å². The van der Waals surface area contributed by atoms with Crippen molar-refractivity contribution >= 4 is 21.8 Å². The van der Waals surface area contributed by atoms with Gasteiger partial charge in [-0.15, -0.1) is 0 Å². The summed E-state index contributed by atoms with van der Waals surface area (Å²) in [4.78, 5) is 11.9. The van der Waals surface area contributed by atoms with E-state index < -0.39 is 0 Å². The molecule has 0 bridgehead atoms. The Bertz CT molecular complexity index is 382. The molecule has 0 heterocycles. The van der Waals surface area contributed by atoms with Crippen molar-refractivity contribution in [1.82, 2.24) is 5.32 Å². The lowest BCUT2D eigenvalue weighted by molar-refractivity contribution is 0.0910. The molecule has 16 heavy (non-hydrogen) atoms. The van der Waals surface area contributed by atoms with Gasteiger partial charge in [-0.2, -0.15) is 0 Å². The van der Waals surface area contributed by atoms with Gasteiger partial charge < -0.3 is 5.32 Å². The van der Waals surface area contributed by atoms with E-state index in [0.717, 1.165) is 4.47 Å². The van der Waals surface area contributed by atoms with E-state index in [-0.39, 0.29) is 17.4 Å². The molecule has 0 saturated carbocycles. The average molecular weight is 284 g/mol. The van der Waals surface area contributed by atoms with Gasteiger partial charge in [-0.3, -0.25) is 4.79 Å². The van der Waals surface area contributed by atoms with Crippen LogP contribution >= 0.6 is 15.9 Å². The first-order chi connectivity index (χ1) is 7.30. The van der Waals surface area contributed by atoms with Crippen molar-refractivity contribution < 1.29 is 4.79 Å². The van der Waals surface area contributed by atoms with Gasteiger partial charge in [0.25, 0.3) is 5.91 Å². The fourth-order valence-corrected chi connectivity index (χ4v) is 1.53. The molecular formula is C13H18BrNO. The van der Waals surface area contributed by atoms with E-state index in [1.54, 1.807) is 0 Å². The van der Waals surface area contributed by atoms with Crippen molar-refractivity contribution in [1.29, 1.82) is 0 Å². The molecule has 1 aromatic carbocycles. The molecule has 0 spiro atoms. The van der Waals surface area contributed by atoms with Crippen LogP contribution in [0, 0.1) is 5.41 Å². The Labute approximate surface area is 106 Å². The summed E-state index contributed by atoms with van der Waals surface area (Å²) in [6.07, 6.45) is 0. The molecule has 1 aromatic rings. The van der Waals surface area contributed by atoms with Gasteiger partial charge in [-0.25, -0.2) is 0 Å². The lowest BCUT2D eigenvalue weighted by Crippen LogP contribution is -2.41. The summed E-state index contributed by atoms with van der Waals surface area (Å²) >= 11 is 3.36. The first-order valence-corrected chi connectivity index (χ1v) is 6.16. The van der Waals surface area contributed by atoms with E-state index in [1.165, 1.54) is 0 Å². The first kappa shape index (κ1) is 13.2. The largest absolute Gasteiger partial charge is 0.349 e. The van der Waals surface area contributed by atoms with Gasteiger partial charge in [0.1, 0.15) is 0 Å². The molecule has 0 saturated heterocycles. The molecule has 0 aliphatic rings. The molecule has 1 N–H and O–H groups in total. The second-order valence-corrected chi connectivity index (χ2v) is 5.99. The number of benzene rings is 1. The maximum Gasteiger partial charge on any atom is 0.251 e. The predicted octanol–water partition coefficient (Wildman–Crippen LogP) is 3.61. The predicted molar refractivity (Wildman–Crippen MR) is 70.5 cm³/mol. The number of nitrogens with one attached hydrogen (secondary N) is 1. The third-order valence-corrected chi connectivity index (χ3v) is 3.23. The highest BCUT2D eigenvalue weighted by atomic mass is 79.9. The third kappa shape index (κ3) is 3.63. The van der Waals surface area contributed by atoms with Crippen molar-refractivity contribution in [2.45, 2.75) is 33.7 Å². The van der Waals surface area contributed by atoms with Crippen LogP contribution in [0.15, 0.2) is 28.7 Å². The van der Waals surface area contributed by atoms with Crippen LogP contribution in [0.25, 0.3) is 0 Å². The molecule has 2 nitrogen and oxygen atoms in total. The van der Waals surface area contributed by atoms with E-state index in [1.807, 2.05) is 31.2 Å². The molecule has 0 fully saturated rings. The minimum atomic E-state index is -0.0243. The summed E-state index contributed by atoms with van der Waals surface area (Å²) in [5.41, 5.74) is 0.757. The second kappa shape index (κ2) is 5.00. The monoisotopic (exact) mass is 283 g/mol. The Hall–Kier alpha value is -0.830. The molecule has 0 aromatic heterocycles. The maximum atomic E-state index is 11.9. The topological polar surface area (TPSA) is 29.1 Å². The highest BCUT2D eigenvalue weighted by Gasteiger charge is 2.22. The molecule has 3 heteroatoms. The van der Waals surface area contributed by atoms with Crippen LogP contribution in [-0.4, -0.2) is 11.9 Å². The molecule has 1 rings (SSSR count). The summed E-state index contributed by atoms with van der Waals surface area (Å²) in [6, 6.07) is 7.55. The summed E-state index contributed by atoms with van der Waals surface area (Å²) in [5, 5.41) is 3.00. The number of carbonyl (C=O) groups is 1. The summed E-state index contributed by atoms with van der Waals surface area (Å²) < 4.78 is 0.920. The zero-order chi connectivity index (χ0) is 12.3. The molecule has 0 radical (unpaired) electrons. The van der Waals surface area contributed by atoms with Crippen LogP contribution in [0.3, 0.4) is 0 Å². The van der Waals surface area contributed by atoms with Gasteiger partial charge in [0.05, 0.1) is 0 Å². The fourth-order valence-electron chi connectivity index (χ4n) is 1.13. The minimum absolute atomic E-state index is 0.0243. The zero-order valence-electron chi connectivity index (χ0n) is 10.2. The van der Waals surface area contributed by atoms with Crippen LogP contribution in [0.4, 0.5) is 0 Å². The van der Waals surface area contributed by atoms with Gasteiger partial charge in [-0.05, 0) is 30.5 Å². The molecule has 1 atom stereocenters. The summed E-state index contributed by atoms with van der Waals surface area (Å²) in [7, 11) is 0. The molecule has 0 aliphatic carbocycles. The number of halogens is 1. The van der Waals surface area contributed by atoms with E-state index in [2.05, 4.69) is 42.0 Å². The van der Waals surface area contributed by atoms with Crippen molar-refractivity contribution in [2.75, 3.05) is 0 Å². The van der Waals surface area contributed by atoms with Crippen LogP contribution in [0.1, 0.15) is 38.1 Å². The lowest BCUT2D eigenvalue weighted by atomic mass is 9.88. The molecular weight excluding hydrogens is 266 g/mol. The highest BCUT2D eigenvalue weighted by molar-refractivity contribution is 9.10. The van der Waals surface area contributed by atoms with Crippen molar-refractivity contribution in [3.63, 3.8) is 0 Å². The first-order valence-electron chi connectivity index (χ1n) is 5.37. The van der Waals surface area contributed by atoms with E-state index >= 15 is 0 Å². The van der Waals surface area contributed by atoms with E-state index in [0.29, 0.717) is 5.56 Å². The molecule has 0 unspecified atom stereocenters. The number of hydrogen-bond donors (Lipinski definition) is 1. The Balaban J connectivity index is 2.74. The number of amides is 1. The quantitative estimate of drug-likeness (QED) is 0.883. The third-order valence-electron chi connectivity index (χ3n) is 2.73. The van der Waals surface area contributed by atoms with Crippen molar-refractivity contribution in [2.24, 2.45) is 5.41 Å². The second-order valence-electron chi connectivity index (χ2n) is 5.07. The lowest BCUT2D eigenvalue weighted by Gasteiger charge is -2.28. The SMILES string of the molecule is C[C@H](NC(=O)c1cccc(Br)c1)C(C)(C)C. The Morgan fingerprint density at radius 2 is 2.00 bits per heavy atom. The Morgan fingerprint density at radius 3 is 2.50 bits per heavy atom. The van der Waals surface area contributed by atoms with Crippen molar-refractivity contribution in [3.05, 3.63) is 34.3 Å². The fraction of sp³-hybridized carbons (Fsp3) is 0.462. The van der Waals surface area contributed by atoms with E-state index in [9.17, 15) is 4.79 Å². The summed E-state index contributed by atoms with van der Waals surface area (Å²) in [6.45, 7) is 8.35. The van der Waals surface area contributed by atoms with Gasteiger partial charge >= 0.3 is 0 Å². The Morgan fingerprint density at radius 1 is 1.38 bits per heavy atom.